The first kappa shape index (κ1) is 7.63. The van der Waals surface area contributed by atoms with E-state index in [4.69, 9.17) is 4.74 Å². The fourth-order valence-electron chi connectivity index (χ4n) is 0.466. The van der Waals surface area contributed by atoms with Crippen molar-refractivity contribution in [3.8, 4) is 5.06 Å². The Morgan fingerprint density at radius 1 is 1.80 bits per heavy atom. The maximum Gasteiger partial charge on any atom is 0.321 e. The number of rotatable bonds is 2. The first-order valence-electron chi connectivity index (χ1n) is 2.68. The van der Waals surface area contributed by atoms with Gasteiger partial charge < -0.3 is 4.74 Å². The van der Waals surface area contributed by atoms with E-state index in [1.807, 2.05) is 11.4 Å². The van der Waals surface area contributed by atoms with E-state index in [0.717, 1.165) is 0 Å². The molecule has 1 heterocycles. The highest BCUT2D eigenvalue weighted by Gasteiger charge is 2.00. The number of thiophene rings is 1. The molecule has 0 aromatic carbocycles. The predicted molar refractivity (Wildman–Crippen MR) is 43.8 cm³/mol. The van der Waals surface area contributed by atoms with Gasteiger partial charge in [0.1, 0.15) is 0 Å². The minimum absolute atomic E-state index is 0.123. The zero-order valence-corrected chi connectivity index (χ0v) is 6.82. The third-order valence-electron chi connectivity index (χ3n) is 0.839. The molecule has 0 amide bonds. The summed E-state index contributed by atoms with van der Waals surface area (Å²) in [6.07, 6.45) is 0. The summed E-state index contributed by atoms with van der Waals surface area (Å²) in [7, 11) is 0. The average Bonchev–Trinajstić information content (AvgIpc) is 2.40. The number of carbonyl (C=O) groups excluding carboxylic acids is 1. The molecule has 0 atom stereocenters. The number of esters is 1. The fraction of sp³-hybridized carbons (Fsp3) is 0.167. The SMILES string of the molecule is O=C(CS)Oc1cccs1. The van der Waals surface area contributed by atoms with Gasteiger partial charge in [-0.05, 0) is 17.5 Å². The van der Waals surface area contributed by atoms with Crippen molar-refractivity contribution in [2.75, 3.05) is 5.75 Å². The molecule has 0 aliphatic carbocycles. The molecule has 10 heavy (non-hydrogen) atoms. The lowest BCUT2D eigenvalue weighted by atomic mass is 10.6. The first-order chi connectivity index (χ1) is 4.83. The molecule has 0 saturated heterocycles. The van der Waals surface area contributed by atoms with Crippen LogP contribution in [0.5, 0.6) is 5.06 Å². The molecule has 0 aliphatic heterocycles. The van der Waals surface area contributed by atoms with Gasteiger partial charge in [-0.25, -0.2) is 0 Å². The normalized spacial score (nSPS) is 9.30. The monoisotopic (exact) mass is 174 g/mol. The van der Waals surface area contributed by atoms with Crippen molar-refractivity contribution in [2.24, 2.45) is 0 Å². The van der Waals surface area contributed by atoms with Gasteiger partial charge in [0, 0.05) is 0 Å². The quantitative estimate of drug-likeness (QED) is 0.544. The average molecular weight is 174 g/mol. The smallest absolute Gasteiger partial charge is 0.321 e. The molecule has 4 heteroatoms. The van der Waals surface area contributed by atoms with Crippen LogP contribution in [0.25, 0.3) is 0 Å². The van der Waals surface area contributed by atoms with Crippen molar-refractivity contribution < 1.29 is 9.53 Å². The minimum Gasteiger partial charge on any atom is -0.415 e. The van der Waals surface area contributed by atoms with Crippen molar-refractivity contribution in [3.05, 3.63) is 17.5 Å². The van der Waals surface area contributed by atoms with E-state index in [2.05, 4.69) is 12.6 Å². The van der Waals surface area contributed by atoms with Crippen LogP contribution in [0.2, 0.25) is 0 Å². The van der Waals surface area contributed by atoms with Gasteiger partial charge in [0.15, 0.2) is 5.06 Å². The largest absolute Gasteiger partial charge is 0.415 e. The minimum atomic E-state index is -0.314. The van der Waals surface area contributed by atoms with Gasteiger partial charge in [-0.1, -0.05) is 0 Å². The number of hydrogen-bond donors (Lipinski definition) is 1. The number of carbonyl (C=O) groups is 1. The summed E-state index contributed by atoms with van der Waals surface area (Å²) in [5.41, 5.74) is 0. The molecular formula is C6H6O2S2. The van der Waals surface area contributed by atoms with Gasteiger partial charge >= 0.3 is 5.97 Å². The summed E-state index contributed by atoms with van der Waals surface area (Å²) in [5, 5.41) is 2.47. The first-order valence-corrected chi connectivity index (χ1v) is 4.19. The second-order valence-electron chi connectivity index (χ2n) is 1.56. The Balaban J connectivity index is 2.48. The van der Waals surface area contributed by atoms with Gasteiger partial charge in [-0.2, -0.15) is 12.6 Å². The van der Waals surface area contributed by atoms with Gasteiger partial charge in [-0.3, -0.25) is 4.79 Å². The molecule has 1 aromatic heterocycles. The van der Waals surface area contributed by atoms with Crippen LogP contribution < -0.4 is 4.74 Å². The van der Waals surface area contributed by atoms with E-state index >= 15 is 0 Å². The van der Waals surface area contributed by atoms with Gasteiger partial charge in [0.05, 0.1) is 5.75 Å². The Kier molecular flexibility index (Phi) is 2.77. The fourth-order valence-corrected chi connectivity index (χ4v) is 1.12. The Bertz CT molecular complexity index is 206. The van der Waals surface area contributed by atoms with E-state index in [-0.39, 0.29) is 11.7 Å². The van der Waals surface area contributed by atoms with E-state index < -0.39 is 0 Å². The highest BCUT2D eigenvalue weighted by atomic mass is 32.1. The molecule has 54 valence electrons. The zero-order valence-electron chi connectivity index (χ0n) is 5.11. The Labute approximate surface area is 68.2 Å². The Hall–Kier alpha value is -0.480. The molecule has 0 bridgehead atoms. The number of ether oxygens (including phenoxy) is 1. The van der Waals surface area contributed by atoms with Crippen molar-refractivity contribution in [2.45, 2.75) is 0 Å². The van der Waals surface area contributed by atoms with Crippen molar-refractivity contribution >= 4 is 29.9 Å². The van der Waals surface area contributed by atoms with E-state index in [9.17, 15) is 4.79 Å². The van der Waals surface area contributed by atoms with Crippen LogP contribution in [0.1, 0.15) is 0 Å². The van der Waals surface area contributed by atoms with Crippen LogP contribution in [-0.2, 0) is 4.79 Å². The van der Waals surface area contributed by atoms with Gasteiger partial charge in [0.25, 0.3) is 0 Å². The summed E-state index contributed by atoms with van der Waals surface area (Å²) in [5.74, 6) is -0.191. The van der Waals surface area contributed by atoms with Crippen molar-refractivity contribution in [3.63, 3.8) is 0 Å². The highest BCUT2D eigenvalue weighted by Crippen LogP contribution is 2.17. The topological polar surface area (TPSA) is 26.3 Å². The third-order valence-corrected chi connectivity index (χ3v) is 1.84. The van der Waals surface area contributed by atoms with Crippen molar-refractivity contribution in [1.29, 1.82) is 0 Å². The maximum absolute atomic E-state index is 10.6. The molecule has 1 aromatic rings. The second-order valence-corrected chi connectivity index (χ2v) is 2.79. The molecule has 0 unspecified atom stereocenters. The lowest BCUT2D eigenvalue weighted by molar-refractivity contribution is -0.131. The van der Waals surface area contributed by atoms with E-state index in [1.165, 1.54) is 11.3 Å². The molecule has 0 saturated carbocycles. The van der Waals surface area contributed by atoms with Crippen LogP contribution in [-0.4, -0.2) is 11.7 Å². The van der Waals surface area contributed by atoms with Crippen LogP contribution in [0.15, 0.2) is 17.5 Å². The molecule has 0 radical (unpaired) electrons. The van der Waals surface area contributed by atoms with E-state index in [1.54, 1.807) is 6.07 Å². The van der Waals surface area contributed by atoms with Crippen LogP contribution in [0.3, 0.4) is 0 Å². The summed E-state index contributed by atoms with van der Waals surface area (Å²) in [6.45, 7) is 0. The van der Waals surface area contributed by atoms with Crippen LogP contribution in [0, 0.1) is 0 Å². The lowest BCUT2D eigenvalue weighted by Crippen LogP contribution is -2.07. The van der Waals surface area contributed by atoms with Crippen LogP contribution in [0.4, 0.5) is 0 Å². The molecule has 0 fully saturated rings. The van der Waals surface area contributed by atoms with Gasteiger partial charge in [0.2, 0.25) is 0 Å². The number of hydrogen-bond acceptors (Lipinski definition) is 4. The third kappa shape index (κ3) is 2.04. The standard InChI is InChI=1S/C6H6O2S2/c7-5(4-9)8-6-2-1-3-10-6/h1-3,9H,4H2. The summed E-state index contributed by atoms with van der Waals surface area (Å²) < 4.78 is 4.81. The molecule has 1 rings (SSSR count). The second kappa shape index (κ2) is 3.63. The highest BCUT2D eigenvalue weighted by molar-refractivity contribution is 7.81. The van der Waals surface area contributed by atoms with E-state index in [0.29, 0.717) is 5.06 Å². The lowest BCUT2D eigenvalue weighted by Gasteiger charge is -1.95. The summed E-state index contributed by atoms with van der Waals surface area (Å²) in [4.78, 5) is 10.6. The molecule has 0 N–H and O–H groups in total. The van der Waals surface area contributed by atoms with Crippen molar-refractivity contribution in [1.82, 2.24) is 0 Å². The predicted octanol–water partition coefficient (Wildman–Crippen LogP) is 1.58. The summed E-state index contributed by atoms with van der Waals surface area (Å²) >= 11 is 5.15. The van der Waals surface area contributed by atoms with Crippen LogP contribution >= 0.6 is 24.0 Å². The maximum atomic E-state index is 10.6. The molecular weight excluding hydrogens is 168 g/mol. The zero-order chi connectivity index (χ0) is 7.40. The number of thiol groups is 1. The summed E-state index contributed by atoms with van der Waals surface area (Å²) in [6, 6.07) is 3.57. The Morgan fingerprint density at radius 2 is 2.60 bits per heavy atom. The van der Waals surface area contributed by atoms with Gasteiger partial charge in [-0.15, -0.1) is 11.3 Å². The molecule has 0 aliphatic rings. The molecule has 0 spiro atoms. The molecule has 2 nitrogen and oxygen atoms in total. The Morgan fingerprint density at radius 3 is 3.10 bits per heavy atom.